The SMILES string of the molecule is CCC1CCCCC1NCc1ccc(-c2ccccc2)s1. The lowest BCUT2D eigenvalue weighted by atomic mass is 9.83. The maximum absolute atomic E-state index is 3.81. The van der Waals surface area contributed by atoms with Gasteiger partial charge in [-0.1, -0.05) is 56.5 Å². The van der Waals surface area contributed by atoms with Crippen molar-refractivity contribution in [2.24, 2.45) is 5.92 Å². The van der Waals surface area contributed by atoms with Crippen LogP contribution >= 0.6 is 11.3 Å². The Hall–Kier alpha value is -1.12. The Morgan fingerprint density at radius 3 is 2.67 bits per heavy atom. The van der Waals surface area contributed by atoms with Gasteiger partial charge in [0.05, 0.1) is 0 Å². The van der Waals surface area contributed by atoms with Crippen molar-refractivity contribution in [1.29, 1.82) is 0 Å². The molecule has 2 heteroatoms. The third kappa shape index (κ3) is 3.75. The van der Waals surface area contributed by atoms with Gasteiger partial charge in [-0.3, -0.25) is 0 Å². The zero-order valence-electron chi connectivity index (χ0n) is 12.8. The van der Waals surface area contributed by atoms with Crippen molar-refractivity contribution in [3.8, 4) is 10.4 Å². The van der Waals surface area contributed by atoms with Gasteiger partial charge in [-0.15, -0.1) is 11.3 Å². The monoisotopic (exact) mass is 299 g/mol. The summed E-state index contributed by atoms with van der Waals surface area (Å²) in [6.07, 6.45) is 6.91. The first-order valence-electron chi connectivity index (χ1n) is 8.24. The maximum atomic E-state index is 3.81. The van der Waals surface area contributed by atoms with Gasteiger partial charge in [0.15, 0.2) is 0 Å². The Balaban J connectivity index is 1.60. The van der Waals surface area contributed by atoms with E-state index in [0.29, 0.717) is 0 Å². The zero-order chi connectivity index (χ0) is 14.5. The number of hydrogen-bond acceptors (Lipinski definition) is 2. The number of nitrogens with one attached hydrogen (secondary N) is 1. The molecule has 3 rings (SSSR count). The molecule has 2 unspecified atom stereocenters. The van der Waals surface area contributed by atoms with E-state index in [0.717, 1.165) is 18.5 Å². The summed E-state index contributed by atoms with van der Waals surface area (Å²) >= 11 is 1.92. The zero-order valence-corrected chi connectivity index (χ0v) is 13.7. The highest BCUT2D eigenvalue weighted by atomic mass is 32.1. The predicted molar refractivity (Wildman–Crippen MR) is 92.6 cm³/mol. The highest BCUT2D eigenvalue weighted by Gasteiger charge is 2.22. The predicted octanol–water partition coefficient (Wildman–Crippen LogP) is 5.47. The Bertz CT molecular complexity index is 546. The molecule has 1 heterocycles. The minimum Gasteiger partial charge on any atom is -0.309 e. The molecule has 1 nitrogen and oxygen atoms in total. The fourth-order valence-electron chi connectivity index (χ4n) is 3.43. The molecule has 1 aliphatic rings. The van der Waals surface area contributed by atoms with Crippen LogP contribution in [0.25, 0.3) is 10.4 Å². The van der Waals surface area contributed by atoms with Crippen molar-refractivity contribution in [3.63, 3.8) is 0 Å². The fraction of sp³-hybridized carbons (Fsp3) is 0.474. The fourth-order valence-corrected chi connectivity index (χ4v) is 4.39. The van der Waals surface area contributed by atoms with Gasteiger partial charge in [0.25, 0.3) is 0 Å². The van der Waals surface area contributed by atoms with E-state index in [1.54, 1.807) is 0 Å². The van der Waals surface area contributed by atoms with Crippen LogP contribution in [-0.2, 0) is 6.54 Å². The Kier molecular flexibility index (Phi) is 5.10. The normalized spacial score (nSPS) is 22.3. The summed E-state index contributed by atoms with van der Waals surface area (Å²) in [6, 6.07) is 16.0. The maximum Gasteiger partial charge on any atom is 0.0346 e. The quantitative estimate of drug-likeness (QED) is 0.771. The first kappa shape index (κ1) is 14.8. The second kappa shape index (κ2) is 7.24. The van der Waals surface area contributed by atoms with Crippen molar-refractivity contribution < 1.29 is 0 Å². The minimum atomic E-state index is 0.728. The van der Waals surface area contributed by atoms with E-state index < -0.39 is 0 Å². The van der Waals surface area contributed by atoms with Crippen LogP contribution in [0.1, 0.15) is 43.9 Å². The molecule has 0 amide bonds. The standard InChI is InChI=1S/C19H25NS/c1-2-15-8-6-7-11-18(15)20-14-17-12-13-19(21-17)16-9-4-3-5-10-16/h3-5,9-10,12-13,15,18,20H,2,6-8,11,14H2,1H3. The molecule has 0 bridgehead atoms. The van der Waals surface area contributed by atoms with Crippen molar-refractivity contribution >= 4 is 11.3 Å². The molecule has 1 saturated carbocycles. The minimum absolute atomic E-state index is 0.728. The van der Waals surface area contributed by atoms with E-state index in [2.05, 4.69) is 54.7 Å². The summed E-state index contributed by atoms with van der Waals surface area (Å²) in [6.45, 7) is 3.36. The molecule has 1 aromatic carbocycles. The van der Waals surface area contributed by atoms with Crippen LogP contribution in [0.3, 0.4) is 0 Å². The average molecular weight is 299 g/mol. The van der Waals surface area contributed by atoms with Crippen LogP contribution in [0.5, 0.6) is 0 Å². The molecule has 0 radical (unpaired) electrons. The van der Waals surface area contributed by atoms with Crippen LogP contribution in [-0.4, -0.2) is 6.04 Å². The summed E-state index contributed by atoms with van der Waals surface area (Å²) in [5, 5.41) is 3.81. The first-order valence-corrected chi connectivity index (χ1v) is 9.06. The van der Waals surface area contributed by atoms with Crippen LogP contribution in [0.15, 0.2) is 42.5 Å². The molecule has 0 saturated heterocycles. The van der Waals surface area contributed by atoms with E-state index in [4.69, 9.17) is 0 Å². The highest BCUT2D eigenvalue weighted by molar-refractivity contribution is 7.15. The van der Waals surface area contributed by atoms with Gasteiger partial charge in [-0.05, 0) is 36.5 Å². The third-order valence-corrected chi connectivity index (χ3v) is 5.83. The molecule has 1 N–H and O–H groups in total. The highest BCUT2D eigenvalue weighted by Crippen LogP contribution is 2.30. The number of thiophene rings is 1. The van der Waals surface area contributed by atoms with Crippen molar-refractivity contribution in [2.75, 3.05) is 0 Å². The molecule has 1 fully saturated rings. The summed E-state index contributed by atoms with van der Waals surface area (Å²) in [4.78, 5) is 2.83. The van der Waals surface area contributed by atoms with Gasteiger partial charge in [-0.2, -0.15) is 0 Å². The van der Waals surface area contributed by atoms with Gasteiger partial charge >= 0.3 is 0 Å². The van der Waals surface area contributed by atoms with Gasteiger partial charge < -0.3 is 5.32 Å². The van der Waals surface area contributed by atoms with Crippen molar-refractivity contribution in [2.45, 2.75) is 51.6 Å². The summed E-state index contributed by atoms with van der Waals surface area (Å²) in [7, 11) is 0. The molecule has 2 aromatic rings. The van der Waals surface area contributed by atoms with Crippen LogP contribution in [0.2, 0.25) is 0 Å². The lowest BCUT2D eigenvalue weighted by Gasteiger charge is -2.31. The van der Waals surface area contributed by atoms with E-state index in [-0.39, 0.29) is 0 Å². The van der Waals surface area contributed by atoms with Crippen LogP contribution in [0, 0.1) is 5.92 Å². The molecule has 0 spiro atoms. The van der Waals surface area contributed by atoms with Crippen LogP contribution < -0.4 is 5.32 Å². The van der Waals surface area contributed by atoms with E-state index in [9.17, 15) is 0 Å². The van der Waals surface area contributed by atoms with Gasteiger partial charge in [0.2, 0.25) is 0 Å². The topological polar surface area (TPSA) is 12.0 Å². The third-order valence-electron chi connectivity index (χ3n) is 4.69. The number of hydrogen-bond donors (Lipinski definition) is 1. The second-order valence-electron chi connectivity index (χ2n) is 6.07. The number of benzene rings is 1. The molecular formula is C19H25NS. The van der Waals surface area contributed by atoms with E-state index in [1.807, 2.05) is 11.3 Å². The van der Waals surface area contributed by atoms with E-state index in [1.165, 1.54) is 47.4 Å². The van der Waals surface area contributed by atoms with Gasteiger partial charge in [0, 0.05) is 22.3 Å². The largest absolute Gasteiger partial charge is 0.309 e. The second-order valence-corrected chi connectivity index (χ2v) is 7.24. The van der Waals surface area contributed by atoms with Gasteiger partial charge in [0.1, 0.15) is 0 Å². The van der Waals surface area contributed by atoms with Crippen molar-refractivity contribution in [3.05, 3.63) is 47.3 Å². The Morgan fingerprint density at radius 2 is 1.86 bits per heavy atom. The average Bonchev–Trinajstić information content (AvgIpc) is 3.03. The summed E-state index contributed by atoms with van der Waals surface area (Å²) in [5.74, 6) is 0.882. The van der Waals surface area contributed by atoms with Gasteiger partial charge in [-0.25, -0.2) is 0 Å². The molecule has 112 valence electrons. The molecule has 0 aliphatic heterocycles. The Morgan fingerprint density at radius 1 is 1.05 bits per heavy atom. The van der Waals surface area contributed by atoms with Crippen LogP contribution in [0.4, 0.5) is 0 Å². The molecule has 1 aromatic heterocycles. The van der Waals surface area contributed by atoms with E-state index >= 15 is 0 Å². The molecule has 2 atom stereocenters. The lowest BCUT2D eigenvalue weighted by Crippen LogP contribution is -2.37. The lowest BCUT2D eigenvalue weighted by molar-refractivity contribution is 0.255. The smallest absolute Gasteiger partial charge is 0.0346 e. The Labute approximate surface area is 132 Å². The molecule has 21 heavy (non-hydrogen) atoms. The molecule has 1 aliphatic carbocycles. The van der Waals surface area contributed by atoms with Crippen molar-refractivity contribution in [1.82, 2.24) is 5.32 Å². The first-order chi connectivity index (χ1) is 10.4. The molecular weight excluding hydrogens is 274 g/mol. The summed E-state index contributed by atoms with van der Waals surface area (Å²) < 4.78 is 0. The number of rotatable bonds is 5. The summed E-state index contributed by atoms with van der Waals surface area (Å²) in [5.41, 5.74) is 1.33.